The van der Waals surface area contributed by atoms with Crippen LogP contribution >= 0.6 is 0 Å². The van der Waals surface area contributed by atoms with E-state index in [0.717, 1.165) is 22.2 Å². The molecule has 0 saturated heterocycles. The number of carbonyl (C=O) groups is 2. The molecule has 2 aromatic carbocycles. The highest BCUT2D eigenvalue weighted by molar-refractivity contribution is 5.95. The first-order chi connectivity index (χ1) is 12.5. The van der Waals surface area contributed by atoms with E-state index < -0.39 is 5.97 Å². The predicted molar refractivity (Wildman–Crippen MR) is 94.5 cm³/mol. The number of benzene rings is 2. The molecule has 0 aliphatic carbocycles. The van der Waals surface area contributed by atoms with Crippen molar-refractivity contribution in [3.05, 3.63) is 70.7 Å². The molecule has 3 aromatic rings. The van der Waals surface area contributed by atoms with Crippen molar-refractivity contribution >= 4 is 22.8 Å². The van der Waals surface area contributed by atoms with Crippen molar-refractivity contribution in [2.75, 3.05) is 6.54 Å². The molecule has 26 heavy (non-hydrogen) atoms. The zero-order valence-corrected chi connectivity index (χ0v) is 14.0. The third-order valence-corrected chi connectivity index (χ3v) is 4.82. The number of hydrogen-bond acceptors (Lipinski definition) is 2. The SMILES string of the molecule is O=C(O)c1ccc2[nH]c3c(c2c1)CN(C(=O)Cc1cccc(F)c1)CC3. The first-order valence-corrected chi connectivity index (χ1v) is 8.40. The summed E-state index contributed by atoms with van der Waals surface area (Å²) in [6.07, 6.45) is 0.830. The zero-order valence-electron chi connectivity index (χ0n) is 14.0. The number of aromatic amines is 1. The van der Waals surface area contributed by atoms with Gasteiger partial charge in [0.05, 0.1) is 12.0 Å². The summed E-state index contributed by atoms with van der Waals surface area (Å²) in [7, 11) is 0. The Morgan fingerprint density at radius 1 is 1.19 bits per heavy atom. The van der Waals surface area contributed by atoms with E-state index in [9.17, 15) is 19.1 Å². The summed E-state index contributed by atoms with van der Waals surface area (Å²) in [4.78, 5) is 28.9. The van der Waals surface area contributed by atoms with Crippen molar-refractivity contribution in [3.63, 3.8) is 0 Å². The molecular formula is C20H17FN2O3. The number of carboxylic acid groups (broad SMARTS) is 1. The van der Waals surface area contributed by atoms with Crippen molar-refractivity contribution in [1.29, 1.82) is 0 Å². The molecule has 6 heteroatoms. The van der Waals surface area contributed by atoms with Crippen LogP contribution in [0.4, 0.5) is 4.39 Å². The van der Waals surface area contributed by atoms with E-state index in [2.05, 4.69) is 4.98 Å². The molecule has 5 nitrogen and oxygen atoms in total. The largest absolute Gasteiger partial charge is 0.478 e. The molecule has 0 bridgehead atoms. The maximum atomic E-state index is 13.3. The number of nitrogens with one attached hydrogen (secondary N) is 1. The Labute approximate surface area is 149 Å². The highest BCUT2D eigenvalue weighted by Crippen LogP contribution is 2.29. The van der Waals surface area contributed by atoms with E-state index in [4.69, 9.17) is 0 Å². The second-order valence-corrected chi connectivity index (χ2v) is 6.52. The van der Waals surface area contributed by atoms with Crippen LogP contribution in [0.15, 0.2) is 42.5 Å². The van der Waals surface area contributed by atoms with Gasteiger partial charge in [-0.3, -0.25) is 4.79 Å². The van der Waals surface area contributed by atoms with Gasteiger partial charge in [0.1, 0.15) is 5.82 Å². The molecule has 0 fully saturated rings. The van der Waals surface area contributed by atoms with Crippen molar-refractivity contribution in [1.82, 2.24) is 9.88 Å². The van der Waals surface area contributed by atoms with Crippen LogP contribution in [0, 0.1) is 5.82 Å². The number of carbonyl (C=O) groups excluding carboxylic acids is 1. The molecule has 2 N–H and O–H groups in total. The quantitative estimate of drug-likeness (QED) is 0.761. The smallest absolute Gasteiger partial charge is 0.335 e. The van der Waals surface area contributed by atoms with Gasteiger partial charge in [0.25, 0.3) is 0 Å². The third-order valence-electron chi connectivity index (χ3n) is 4.82. The lowest BCUT2D eigenvalue weighted by molar-refractivity contribution is -0.131. The molecule has 0 atom stereocenters. The van der Waals surface area contributed by atoms with Crippen molar-refractivity contribution in [2.45, 2.75) is 19.4 Å². The number of fused-ring (bicyclic) bond motifs is 3. The van der Waals surface area contributed by atoms with Crippen molar-refractivity contribution < 1.29 is 19.1 Å². The van der Waals surface area contributed by atoms with Gasteiger partial charge in [0.15, 0.2) is 0 Å². The summed E-state index contributed by atoms with van der Waals surface area (Å²) >= 11 is 0. The third kappa shape index (κ3) is 2.94. The molecule has 0 unspecified atom stereocenters. The maximum absolute atomic E-state index is 13.3. The van der Waals surface area contributed by atoms with Crippen LogP contribution in [-0.2, 0) is 24.2 Å². The summed E-state index contributed by atoms with van der Waals surface area (Å²) in [5, 5.41) is 10.0. The van der Waals surface area contributed by atoms with Gasteiger partial charge in [-0.1, -0.05) is 12.1 Å². The van der Waals surface area contributed by atoms with Crippen LogP contribution in [0.2, 0.25) is 0 Å². The molecule has 1 aromatic heterocycles. The molecule has 0 saturated carbocycles. The van der Waals surface area contributed by atoms with Crippen LogP contribution in [0.5, 0.6) is 0 Å². The molecule has 1 amide bonds. The number of aromatic nitrogens is 1. The molecule has 132 valence electrons. The number of rotatable bonds is 3. The normalized spacial score (nSPS) is 13.7. The standard InChI is InChI=1S/C20H17FN2O3/c21-14-3-1-2-12(8-14)9-19(24)23-7-6-18-16(11-23)15-10-13(20(25)26)4-5-17(15)22-18/h1-5,8,10,22H,6-7,9,11H2,(H,25,26). The number of nitrogens with zero attached hydrogens (tertiary/aromatic N) is 1. The van der Waals surface area contributed by atoms with Crippen LogP contribution < -0.4 is 0 Å². The molecule has 1 aliphatic heterocycles. The van der Waals surface area contributed by atoms with Crippen molar-refractivity contribution in [3.8, 4) is 0 Å². The highest BCUT2D eigenvalue weighted by atomic mass is 19.1. The Balaban J connectivity index is 1.60. The van der Waals surface area contributed by atoms with Gasteiger partial charge in [-0.05, 0) is 35.9 Å². The zero-order chi connectivity index (χ0) is 18.3. The van der Waals surface area contributed by atoms with E-state index in [-0.39, 0.29) is 23.7 Å². The Bertz CT molecular complexity index is 1030. The first-order valence-electron chi connectivity index (χ1n) is 8.40. The average molecular weight is 352 g/mol. The summed E-state index contributed by atoms with van der Waals surface area (Å²) in [6, 6.07) is 11.0. The van der Waals surface area contributed by atoms with Gasteiger partial charge in [-0.2, -0.15) is 0 Å². The van der Waals surface area contributed by atoms with Gasteiger partial charge in [-0.25, -0.2) is 9.18 Å². The van der Waals surface area contributed by atoms with E-state index in [0.29, 0.717) is 25.1 Å². The Kier molecular flexibility index (Phi) is 3.95. The molecular weight excluding hydrogens is 335 g/mol. The minimum Gasteiger partial charge on any atom is -0.478 e. The number of H-pyrrole nitrogens is 1. The number of amides is 1. The topological polar surface area (TPSA) is 73.4 Å². The van der Waals surface area contributed by atoms with Gasteiger partial charge < -0.3 is 15.0 Å². The van der Waals surface area contributed by atoms with E-state index in [1.807, 2.05) is 0 Å². The van der Waals surface area contributed by atoms with Gasteiger partial charge in [-0.15, -0.1) is 0 Å². The van der Waals surface area contributed by atoms with Gasteiger partial charge in [0, 0.05) is 41.7 Å². The summed E-state index contributed by atoms with van der Waals surface area (Å²) in [5.41, 5.74) is 3.74. The molecule has 2 heterocycles. The number of halogens is 1. The van der Waals surface area contributed by atoms with Crippen molar-refractivity contribution in [2.24, 2.45) is 0 Å². The lowest BCUT2D eigenvalue weighted by Gasteiger charge is -2.27. The Hall–Kier alpha value is -3.15. The van der Waals surface area contributed by atoms with Crippen LogP contribution in [-0.4, -0.2) is 33.4 Å². The Morgan fingerprint density at radius 3 is 2.81 bits per heavy atom. The number of carboxylic acids is 1. The van der Waals surface area contributed by atoms with Crippen LogP contribution in [0.3, 0.4) is 0 Å². The van der Waals surface area contributed by atoms with E-state index in [1.165, 1.54) is 12.1 Å². The first kappa shape index (κ1) is 16.3. The van der Waals surface area contributed by atoms with Gasteiger partial charge in [0.2, 0.25) is 5.91 Å². The second kappa shape index (κ2) is 6.29. The average Bonchev–Trinajstić information content (AvgIpc) is 2.98. The predicted octanol–water partition coefficient (Wildman–Crippen LogP) is 3.13. The molecule has 0 radical (unpaired) electrons. The fourth-order valence-electron chi connectivity index (χ4n) is 3.49. The van der Waals surface area contributed by atoms with Crippen LogP contribution in [0.1, 0.15) is 27.2 Å². The number of hydrogen-bond donors (Lipinski definition) is 2. The monoisotopic (exact) mass is 352 g/mol. The minimum absolute atomic E-state index is 0.0648. The maximum Gasteiger partial charge on any atom is 0.335 e. The Morgan fingerprint density at radius 2 is 2.04 bits per heavy atom. The summed E-state index contributed by atoms with van der Waals surface area (Å²) in [5.74, 6) is -1.39. The van der Waals surface area contributed by atoms with E-state index in [1.54, 1.807) is 35.2 Å². The van der Waals surface area contributed by atoms with Crippen LogP contribution in [0.25, 0.3) is 10.9 Å². The summed E-state index contributed by atoms with van der Waals surface area (Å²) < 4.78 is 13.3. The molecule has 1 aliphatic rings. The minimum atomic E-state index is -0.975. The fraction of sp³-hybridized carbons (Fsp3) is 0.200. The second-order valence-electron chi connectivity index (χ2n) is 6.52. The van der Waals surface area contributed by atoms with Gasteiger partial charge >= 0.3 is 5.97 Å². The lowest BCUT2D eigenvalue weighted by Crippen LogP contribution is -2.36. The summed E-state index contributed by atoms with van der Waals surface area (Å²) in [6.45, 7) is 1.01. The van der Waals surface area contributed by atoms with E-state index >= 15 is 0 Å². The molecule has 4 rings (SSSR count). The fourth-order valence-corrected chi connectivity index (χ4v) is 3.49. The molecule has 0 spiro atoms. The highest BCUT2D eigenvalue weighted by Gasteiger charge is 2.24. The number of aromatic carboxylic acids is 1. The lowest BCUT2D eigenvalue weighted by atomic mass is 10.0.